The first-order valence-corrected chi connectivity index (χ1v) is 11.9. The zero-order valence-electron chi connectivity index (χ0n) is 17.7. The fourth-order valence-corrected chi connectivity index (χ4v) is 5.11. The summed E-state index contributed by atoms with van der Waals surface area (Å²) in [6, 6.07) is 16.2. The Bertz CT molecular complexity index is 1260. The Balaban J connectivity index is 1.53. The second-order valence-corrected chi connectivity index (χ2v) is 9.59. The lowest BCUT2D eigenvalue weighted by Gasteiger charge is -2.17. The molecule has 3 aromatic carbocycles. The van der Waals surface area contributed by atoms with E-state index < -0.39 is 15.9 Å². The molecule has 0 aromatic heterocycles. The van der Waals surface area contributed by atoms with Crippen LogP contribution in [0.25, 0.3) is 0 Å². The van der Waals surface area contributed by atoms with Gasteiger partial charge in [-0.25, -0.2) is 12.8 Å². The molecule has 1 aliphatic heterocycles. The molecule has 0 atom stereocenters. The van der Waals surface area contributed by atoms with Crippen molar-refractivity contribution in [3.63, 3.8) is 0 Å². The number of aromatic hydroxyl groups is 1. The highest BCUT2D eigenvalue weighted by Gasteiger charge is 2.28. The van der Waals surface area contributed by atoms with Gasteiger partial charge >= 0.3 is 0 Å². The monoisotopic (exact) mass is 470 g/mol. The van der Waals surface area contributed by atoms with E-state index in [1.54, 1.807) is 36.4 Å². The van der Waals surface area contributed by atoms with Crippen molar-refractivity contribution in [2.24, 2.45) is 0 Å². The van der Waals surface area contributed by atoms with E-state index >= 15 is 0 Å². The number of amides is 1. The number of halogens is 1. The Morgan fingerprint density at radius 2 is 1.73 bits per heavy atom. The Morgan fingerprint density at radius 3 is 2.45 bits per heavy atom. The van der Waals surface area contributed by atoms with Crippen LogP contribution in [0.3, 0.4) is 0 Å². The van der Waals surface area contributed by atoms with Crippen molar-refractivity contribution in [1.82, 2.24) is 4.31 Å². The van der Waals surface area contributed by atoms with Crippen LogP contribution in [0.2, 0.25) is 0 Å². The quantitative estimate of drug-likeness (QED) is 0.506. The maximum absolute atomic E-state index is 13.1. The van der Waals surface area contributed by atoms with Gasteiger partial charge in [0.15, 0.2) is 0 Å². The van der Waals surface area contributed by atoms with Gasteiger partial charge in [0, 0.05) is 13.1 Å². The molecule has 3 aromatic rings. The Labute approximate surface area is 191 Å². The van der Waals surface area contributed by atoms with E-state index in [2.05, 4.69) is 5.32 Å². The Morgan fingerprint density at radius 1 is 1.03 bits per heavy atom. The molecular weight excluding hydrogens is 447 g/mol. The lowest BCUT2D eigenvalue weighted by atomic mass is 10.1. The van der Waals surface area contributed by atoms with Gasteiger partial charge in [0.05, 0.1) is 16.1 Å². The highest BCUT2D eigenvalue weighted by molar-refractivity contribution is 7.89. The zero-order chi connectivity index (χ0) is 23.4. The topological polar surface area (TPSA) is 95.9 Å². The summed E-state index contributed by atoms with van der Waals surface area (Å²) in [6.45, 7) is 1.02. The normalized spacial score (nSPS) is 14.2. The van der Waals surface area contributed by atoms with Crippen molar-refractivity contribution in [1.29, 1.82) is 0 Å². The fraction of sp³-hybridized carbons (Fsp3) is 0.208. The molecular formula is C24H23FN2O5S. The van der Waals surface area contributed by atoms with Gasteiger partial charge in [-0.05, 0) is 60.9 Å². The summed E-state index contributed by atoms with van der Waals surface area (Å²) < 4.78 is 45.9. The summed E-state index contributed by atoms with van der Waals surface area (Å²) in [5, 5.41) is 12.8. The number of phenols is 1. The van der Waals surface area contributed by atoms with Crippen LogP contribution < -0.4 is 10.1 Å². The van der Waals surface area contributed by atoms with Crippen molar-refractivity contribution in [3.05, 3.63) is 83.7 Å². The lowest BCUT2D eigenvalue weighted by Crippen LogP contribution is -2.28. The Kier molecular flexibility index (Phi) is 6.62. The van der Waals surface area contributed by atoms with E-state index in [1.807, 2.05) is 0 Å². The van der Waals surface area contributed by atoms with Crippen LogP contribution in [0.1, 0.15) is 28.8 Å². The third-order valence-corrected chi connectivity index (χ3v) is 7.25. The molecule has 9 heteroatoms. The van der Waals surface area contributed by atoms with Gasteiger partial charge in [-0.1, -0.05) is 24.3 Å². The highest BCUT2D eigenvalue weighted by atomic mass is 32.2. The van der Waals surface area contributed by atoms with Gasteiger partial charge in [-0.3, -0.25) is 4.79 Å². The maximum atomic E-state index is 13.1. The maximum Gasteiger partial charge on any atom is 0.259 e. The largest absolute Gasteiger partial charge is 0.506 e. The summed E-state index contributed by atoms with van der Waals surface area (Å²) in [6.07, 6.45) is 1.60. The molecule has 0 saturated carbocycles. The van der Waals surface area contributed by atoms with Gasteiger partial charge < -0.3 is 15.2 Å². The molecule has 2 N–H and O–H groups in total. The molecule has 0 aliphatic carbocycles. The van der Waals surface area contributed by atoms with Gasteiger partial charge in [0.1, 0.15) is 23.9 Å². The molecule has 1 heterocycles. The van der Waals surface area contributed by atoms with Crippen molar-refractivity contribution in [3.8, 4) is 11.5 Å². The van der Waals surface area contributed by atoms with Crippen LogP contribution in [0, 0.1) is 5.82 Å². The minimum atomic E-state index is -3.71. The molecule has 1 fully saturated rings. The van der Waals surface area contributed by atoms with Crippen molar-refractivity contribution in [2.75, 3.05) is 18.4 Å². The number of anilines is 1. The molecule has 0 bridgehead atoms. The van der Waals surface area contributed by atoms with E-state index in [1.165, 1.54) is 34.6 Å². The summed E-state index contributed by atoms with van der Waals surface area (Å²) >= 11 is 0. The molecule has 0 unspecified atom stereocenters. The number of sulfonamides is 1. The summed E-state index contributed by atoms with van der Waals surface area (Å²) in [4.78, 5) is 12.9. The molecule has 0 spiro atoms. The minimum absolute atomic E-state index is 0.00153. The number of para-hydroxylation sites is 1. The summed E-state index contributed by atoms with van der Waals surface area (Å²) in [5.74, 6) is -0.892. The number of phenolic OH excluding ortho intramolecular Hbond substituents is 1. The number of nitrogens with one attached hydrogen (secondary N) is 1. The van der Waals surface area contributed by atoms with E-state index in [-0.39, 0.29) is 34.3 Å². The molecule has 7 nitrogen and oxygen atoms in total. The van der Waals surface area contributed by atoms with Crippen LogP contribution in [-0.2, 0) is 16.6 Å². The average Bonchev–Trinajstić information content (AvgIpc) is 3.36. The number of rotatable bonds is 7. The third kappa shape index (κ3) is 5.15. The minimum Gasteiger partial charge on any atom is -0.506 e. The number of benzene rings is 3. The number of carbonyl (C=O) groups is 1. The second kappa shape index (κ2) is 9.60. The Hall–Kier alpha value is -3.43. The SMILES string of the molecule is O=C(Nc1cc(S(=O)(=O)N2CCCC2)ccc1O)c1ccccc1OCc1ccc(F)cc1. The highest BCUT2D eigenvalue weighted by Crippen LogP contribution is 2.30. The van der Waals surface area contributed by atoms with Crippen molar-refractivity contribution < 1.29 is 27.4 Å². The van der Waals surface area contributed by atoms with Crippen LogP contribution in [0.5, 0.6) is 11.5 Å². The molecule has 172 valence electrons. The van der Waals surface area contributed by atoms with Crippen LogP contribution in [-0.4, -0.2) is 36.8 Å². The fourth-order valence-electron chi connectivity index (χ4n) is 3.56. The second-order valence-electron chi connectivity index (χ2n) is 7.66. The number of hydrogen-bond acceptors (Lipinski definition) is 5. The van der Waals surface area contributed by atoms with E-state index in [0.29, 0.717) is 18.8 Å². The zero-order valence-corrected chi connectivity index (χ0v) is 18.5. The summed E-state index contributed by atoms with van der Waals surface area (Å²) in [7, 11) is -3.71. The molecule has 0 radical (unpaired) electrons. The van der Waals surface area contributed by atoms with E-state index in [9.17, 15) is 22.7 Å². The molecule has 1 aliphatic rings. The molecule has 1 amide bonds. The first-order valence-electron chi connectivity index (χ1n) is 10.5. The standard InChI is InChI=1S/C24H23FN2O5S/c25-18-9-7-17(8-10-18)16-32-23-6-2-1-5-20(23)24(29)26-21-15-19(11-12-22(21)28)33(30,31)27-13-3-4-14-27/h1-2,5-12,15,28H,3-4,13-14,16H2,(H,26,29). The van der Waals surface area contributed by atoms with Gasteiger partial charge in [-0.15, -0.1) is 0 Å². The van der Waals surface area contributed by atoms with Gasteiger partial charge in [0.25, 0.3) is 5.91 Å². The van der Waals surface area contributed by atoms with E-state index in [4.69, 9.17) is 4.74 Å². The first kappa shape index (κ1) is 22.8. The summed E-state index contributed by atoms with van der Waals surface area (Å²) in [5.41, 5.74) is 0.907. The smallest absolute Gasteiger partial charge is 0.259 e. The lowest BCUT2D eigenvalue weighted by molar-refractivity contribution is 0.102. The third-order valence-electron chi connectivity index (χ3n) is 5.36. The van der Waals surface area contributed by atoms with E-state index in [0.717, 1.165) is 18.4 Å². The van der Waals surface area contributed by atoms with Crippen LogP contribution in [0.4, 0.5) is 10.1 Å². The average molecular weight is 471 g/mol. The van der Waals surface area contributed by atoms with Crippen LogP contribution in [0.15, 0.2) is 71.6 Å². The van der Waals surface area contributed by atoms with Crippen LogP contribution >= 0.6 is 0 Å². The molecule has 33 heavy (non-hydrogen) atoms. The molecule has 1 saturated heterocycles. The number of nitrogens with zero attached hydrogens (tertiary/aromatic N) is 1. The predicted octanol–water partition coefficient (Wildman–Crippen LogP) is 4.15. The van der Waals surface area contributed by atoms with Crippen molar-refractivity contribution in [2.45, 2.75) is 24.3 Å². The predicted molar refractivity (Wildman–Crippen MR) is 121 cm³/mol. The van der Waals surface area contributed by atoms with Gasteiger partial charge in [0.2, 0.25) is 10.0 Å². The number of ether oxygens (including phenoxy) is 1. The first-order chi connectivity index (χ1) is 15.8. The number of carbonyl (C=O) groups excluding carboxylic acids is 1. The van der Waals surface area contributed by atoms with Gasteiger partial charge in [-0.2, -0.15) is 4.31 Å². The molecule has 4 rings (SSSR count). The number of hydrogen-bond donors (Lipinski definition) is 2. The van der Waals surface area contributed by atoms with Crippen molar-refractivity contribution >= 4 is 21.6 Å².